The standard InChI is InChI=1S/C19H22N2O4S/c1-12-2-5-14(6-3-12)26(22,23)18-17(19(18,9-20)10-21)13-4-7-15-16(8-13)25-11-24-15/h2-8,17-18H,9-11,20-21H2,1H3/t17-,18-/m0/s1. The van der Waals surface area contributed by atoms with Crippen LogP contribution >= 0.6 is 0 Å². The van der Waals surface area contributed by atoms with Crippen LogP contribution in [0.5, 0.6) is 11.5 Å². The number of sulfone groups is 1. The Labute approximate surface area is 153 Å². The summed E-state index contributed by atoms with van der Waals surface area (Å²) in [6, 6.07) is 12.4. The highest BCUT2D eigenvalue weighted by Crippen LogP contribution is 2.63. The first-order valence-electron chi connectivity index (χ1n) is 8.54. The molecule has 0 radical (unpaired) electrons. The van der Waals surface area contributed by atoms with Crippen LogP contribution in [0.25, 0.3) is 0 Å². The molecule has 1 heterocycles. The summed E-state index contributed by atoms with van der Waals surface area (Å²) in [4.78, 5) is 0.308. The van der Waals surface area contributed by atoms with E-state index in [1.54, 1.807) is 24.3 Å². The van der Waals surface area contributed by atoms with Crippen LogP contribution in [0.1, 0.15) is 17.0 Å². The zero-order valence-corrected chi connectivity index (χ0v) is 15.3. The van der Waals surface area contributed by atoms with Crippen molar-refractivity contribution in [3.63, 3.8) is 0 Å². The summed E-state index contributed by atoms with van der Waals surface area (Å²) in [5, 5.41) is -0.645. The molecule has 2 aromatic carbocycles. The monoisotopic (exact) mass is 374 g/mol. The molecule has 1 aliphatic heterocycles. The summed E-state index contributed by atoms with van der Waals surface area (Å²) < 4.78 is 37.4. The third kappa shape index (κ3) is 2.42. The second kappa shape index (κ2) is 5.97. The van der Waals surface area contributed by atoms with E-state index >= 15 is 0 Å². The largest absolute Gasteiger partial charge is 0.454 e. The van der Waals surface area contributed by atoms with E-state index in [1.165, 1.54) is 0 Å². The van der Waals surface area contributed by atoms with E-state index in [0.717, 1.165) is 11.1 Å². The van der Waals surface area contributed by atoms with Gasteiger partial charge in [0.05, 0.1) is 10.1 Å². The predicted molar refractivity (Wildman–Crippen MR) is 98.0 cm³/mol. The molecular weight excluding hydrogens is 352 g/mol. The quantitative estimate of drug-likeness (QED) is 0.823. The van der Waals surface area contributed by atoms with Crippen molar-refractivity contribution in [2.24, 2.45) is 16.9 Å². The Morgan fingerprint density at radius 1 is 1.04 bits per heavy atom. The van der Waals surface area contributed by atoms with Gasteiger partial charge in [-0.25, -0.2) is 8.42 Å². The highest BCUT2D eigenvalue weighted by Gasteiger charge is 2.69. The van der Waals surface area contributed by atoms with E-state index in [2.05, 4.69) is 0 Å². The van der Waals surface area contributed by atoms with E-state index in [4.69, 9.17) is 20.9 Å². The van der Waals surface area contributed by atoms with Crippen molar-refractivity contribution in [1.29, 1.82) is 0 Å². The lowest BCUT2D eigenvalue weighted by Gasteiger charge is -2.13. The van der Waals surface area contributed by atoms with E-state index in [-0.39, 0.29) is 25.8 Å². The van der Waals surface area contributed by atoms with Crippen molar-refractivity contribution in [2.45, 2.75) is 23.0 Å². The molecule has 1 aliphatic carbocycles. The first-order valence-corrected chi connectivity index (χ1v) is 10.1. The number of hydrogen-bond donors (Lipinski definition) is 2. The van der Waals surface area contributed by atoms with Gasteiger partial charge >= 0.3 is 0 Å². The zero-order chi connectivity index (χ0) is 18.5. The molecule has 2 aromatic rings. The first-order chi connectivity index (χ1) is 12.4. The predicted octanol–water partition coefficient (Wildman–Crippen LogP) is 1.57. The second-order valence-corrected chi connectivity index (χ2v) is 9.08. The molecule has 0 spiro atoms. The second-order valence-electron chi connectivity index (χ2n) is 7.01. The number of nitrogens with two attached hydrogens (primary N) is 2. The zero-order valence-electron chi connectivity index (χ0n) is 14.5. The maximum atomic E-state index is 13.3. The Morgan fingerprint density at radius 3 is 2.35 bits per heavy atom. The lowest BCUT2D eigenvalue weighted by Crippen LogP contribution is -2.31. The Kier molecular flexibility index (Phi) is 3.98. The maximum Gasteiger partial charge on any atom is 0.231 e. The molecule has 4 N–H and O–H groups in total. The summed E-state index contributed by atoms with van der Waals surface area (Å²) in [6.07, 6.45) is 0. The number of rotatable bonds is 5. The highest BCUT2D eigenvalue weighted by molar-refractivity contribution is 7.92. The smallest absolute Gasteiger partial charge is 0.231 e. The average Bonchev–Trinajstić information content (AvgIpc) is 3.12. The van der Waals surface area contributed by atoms with Crippen molar-refractivity contribution < 1.29 is 17.9 Å². The Balaban J connectivity index is 1.76. The van der Waals surface area contributed by atoms with Gasteiger partial charge in [0, 0.05) is 24.4 Å². The topological polar surface area (TPSA) is 105 Å². The van der Waals surface area contributed by atoms with Crippen molar-refractivity contribution in [3.05, 3.63) is 53.6 Å². The molecule has 0 saturated heterocycles. The van der Waals surface area contributed by atoms with E-state index in [9.17, 15) is 8.42 Å². The molecule has 0 amide bonds. The van der Waals surface area contributed by atoms with Crippen LogP contribution in [0.15, 0.2) is 47.4 Å². The molecule has 0 unspecified atom stereocenters. The molecule has 1 saturated carbocycles. The normalized spacial score (nSPS) is 23.0. The SMILES string of the molecule is Cc1ccc(S(=O)(=O)[C@H]2[C@H](c3ccc4c(c3)OCO4)C2(CN)CN)cc1. The van der Waals surface area contributed by atoms with Gasteiger partial charge in [-0.05, 0) is 36.8 Å². The van der Waals surface area contributed by atoms with Gasteiger partial charge in [0.2, 0.25) is 6.79 Å². The molecule has 2 atom stereocenters. The Morgan fingerprint density at radius 2 is 1.69 bits per heavy atom. The average molecular weight is 374 g/mol. The van der Waals surface area contributed by atoms with Crippen molar-refractivity contribution in [2.75, 3.05) is 19.9 Å². The summed E-state index contributed by atoms with van der Waals surface area (Å²) in [6.45, 7) is 2.51. The minimum absolute atomic E-state index is 0.174. The molecule has 1 fully saturated rings. The van der Waals surface area contributed by atoms with Gasteiger partial charge in [-0.1, -0.05) is 23.8 Å². The summed E-state index contributed by atoms with van der Waals surface area (Å²) in [7, 11) is -3.56. The van der Waals surface area contributed by atoms with Gasteiger partial charge in [0.1, 0.15) is 0 Å². The van der Waals surface area contributed by atoms with Crippen LogP contribution in [0.3, 0.4) is 0 Å². The maximum absolute atomic E-state index is 13.3. The number of hydrogen-bond acceptors (Lipinski definition) is 6. The van der Waals surface area contributed by atoms with E-state index < -0.39 is 20.5 Å². The summed E-state index contributed by atoms with van der Waals surface area (Å²) in [5.41, 5.74) is 13.2. The molecule has 138 valence electrons. The molecule has 26 heavy (non-hydrogen) atoms. The van der Waals surface area contributed by atoms with Crippen LogP contribution in [0.2, 0.25) is 0 Å². The fourth-order valence-electron chi connectivity index (χ4n) is 4.00. The van der Waals surface area contributed by atoms with Crippen LogP contribution in [-0.2, 0) is 9.84 Å². The molecule has 0 bridgehead atoms. The number of benzene rings is 2. The lowest BCUT2D eigenvalue weighted by molar-refractivity contribution is 0.174. The van der Waals surface area contributed by atoms with Gasteiger partial charge in [-0.3, -0.25) is 0 Å². The number of ether oxygens (including phenoxy) is 2. The summed E-state index contributed by atoms with van der Waals surface area (Å²) >= 11 is 0. The molecule has 0 aromatic heterocycles. The van der Waals surface area contributed by atoms with Crippen LogP contribution in [-0.4, -0.2) is 33.6 Å². The first kappa shape index (κ1) is 17.3. The van der Waals surface area contributed by atoms with Gasteiger partial charge in [0.15, 0.2) is 21.3 Å². The minimum atomic E-state index is -3.56. The molecule has 4 rings (SSSR count). The number of aryl methyl sites for hydroxylation is 1. The molecule has 2 aliphatic rings. The van der Waals surface area contributed by atoms with Crippen LogP contribution in [0, 0.1) is 12.3 Å². The Bertz CT molecular complexity index is 937. The fraction of sp³-hybridized carbons (Fsp3) is 0.368. The van der Waals surface area contributed by atoms with E-state index in [0.29, 0.717) is 16.4 Å². The Hall–Kier alpha value is -2.09. The van der Waals surface area contributed by atoms with Crippen LogP contribution < -0.4 is 20.9 Å². The van der Waals surface area contributed by atoms with Gasteiger partial charge < -0.3 is 20.9 Å². The van der Waals surface area contributed by atoms with Crippen LogP contribution in [0.4, 0.5) is 0 Å². The highest BCUT2D eigenvalue weighted by atomic mass is 32.2. The van der Waals surface area contributed by atoms with Gasteiger partial charge in [-0.15, -0.1) is 0 Å². The van der Waals surface area contributed by atoms with Gasteiger partial charge in [0.25, 0.3) is 0 Å². The molecule has 7 heteroatoms. The van der Waals surface area contributed by atoms with Crippen molar-refractivity contribution >= 4 is 9.84 Å². The van der Waals surface area contributed by atoms with Gasteiger partial charge in [-0.2, -0.15) is 0 Å². The van der Waals surface area contributed by atoms with Crippen molar-refractivity contribution in [1.82, 2.24) is 0 Å². The molecule has 6 nitrogen and oxygen atoms in total. The minimum Gasteiger partial charge on any atom is -0.454 e. The summed E-state index contributed by atoms with van der Waals surface area (Å²) in [5.74, 6) is 1.03. The van der Waals surface area contributed by atoms with Crippen molar-refractivity contribution in [3.8, 4) is 11.5 Å². The van der Waals surface area contributed by atoms with E-state index in [1.807, 2.05) is 25.1 Å². The third-order valence-corrected chi connectivity index (χ3v) is 7.92. The number of fused-ring (bicyclic) bond motifs is 1. The third-order valence-electron chi connectivity index (χ3n) is 5.58. The molecular formula is C19H22N2O4S. The lowest BCUT2D eigenvalue weighted by atomic mass is 9.99. The fourth-order valence-corrected chi connectivity index (χ4v) is 6.47.